The molecule has 1 saturated heterocycles. The Kier molecular flexibility index (Phi) is 6.86. The minimum Gasteiger partial charge on any atom is -0.497 e. The van der Waals surface area contributed by atoms with E-state index in [1.54, 1.807) is 7.11 Å². The summed E-state index contributed by atoms with van der Waals surface area (Å²) in [4.78, 5) is 17.1. The van der Waals surface area contributed by atoms with Gasteiger partial charge in [-0.15, -0.1) is 0 Å². The van der Waals surface area contributed by atoms with Crippen molar-refractivity contribution in [2.24, 2.45) is 0 Å². The van der Waals surface area contributed by atoms with E-state index in [2.05, 4.69) is 14.3 Å². The van der Waals surface area contributed by atoms with E-state index < -0.39 is 14.9 Å². The van der Waals surface area contributed by atoms with E-state index in [0.29, 0.717) is 44.8 Å². The van der Waals surface area contributed by atoms with E-state index in [9.17, 15) is 18.5 Å². The molecule has 33 heavy (non-hydrogen) atoms. The number of benzene rings is 2. The summed E-state index contributed by atoms with van der Waals surface area (Å²) in [6.07, 6.45) is 1.22. The van der Waals surface area contributed by atoms with Gasteiger partial charge in [-0.1, -0.05) is 12.1 Å². The molecule has 2 aromatic carbocycles. The van der Waals surface area contributed by atoms with Gasteiger partial charge >= 0.3 is 0 Å². The maximum Gasteiger partial charge on any atom is 0.269 e. The van der Waals surface area contributed by atoms with Gasteiger partial charge in [0.05, 0.1) is 16.9 Å². The van der Waals surface area contributed by atoms with Crippen LogP contribution < -0.4 is 9.64 Å². The summed E-state index contributed by atoms with van der Waals surface area (Å²) in [7, 11) is -2.11. The molecule has 0 N–H and O–H groups in total. The van der Waals surface area contributed by atoms with Crippen LogP contribution in [0.25, 0.3) is 0 Å². The van der Waals surface area contributed by atoms with Crippen LogP contribution in [0.2, 0.25) is 0 Å². The molecule has 0 bridgehead atoms. The van der Waals surface area contributed by atoms with Crippen molar-refractivity contribution < 1.29 is 18.1 Å². The first-order chi connectivity index (χ1) is 15.9. The SMILES string of the molecule is COc1cccc(Cc2nsc(N3CCCN(S(=O)(=O)c4ccc([N+](=O)[O-])cc4)CC3)n2)c1. The highest BCUT2D eigenvalue weighted by molar-refractivity contribution is 7.89. The van der Waals surface area contributed by atoms with Gasteiger partial charge in [0, 0.05) is 56.3 Å². The molecule has 2 heterocycles. The number of nitro benzene ring substituents is 1. The van der Waals surface area contributed by atoms with Crippen LogP contribution in [0.4, 0.5) is 10.8 Å². The van der Waals surface area contributed by atoms with Crippen LogP contribution >= 0.6 is 11.5 Å². The number of rotatable bonds is 7. The molecule has 0 atom stereocenters. The average molecular weight is 490 g/mol. The lowest BCUT2D eigenvalue weighted by Crippen LogP contribution is -2.35. The predicted molar refractivity (Wildman–Crippen MR) is 124 cm³/mol. The Morgan fingerprint density at radius 1 is 1.12 bits per heavy atom. The third-order valence-corrected chi connectivity index (χ3v) is 8.09. The molecule has 0 amide bonds. The first-order valence-corrected chi connectivity index (χ1v) is 12.5. The zero-order valence-electron chi connectivity index (χ0n) is 18.0. The Morgan fingerprint density at radius 2 is 1.91 bits per heavy atom. The van der Waals surface area contributed by atoms with E-state index in [1.807, 2.05) is 24.3 Å². The summed E-state index contributed by atoms with van der Waals surface area (Å²) >= 11 is 1.31. The van der Waals surface area contributed by atoms with Gasteiger partial charge in [-0.25, -0.2) is 13.4 Å². The van der Waals surface area contributed by atoms with Gasteiger partial charge in [0.15, 0.2) is 0 Å². The quantitative estimate of drug-likeness (QED) is 0.367. The zero-order valence-corrected chi connectivity index (χ0v) is 19.6. The smallest absolute Gasteiger partial charge is 0.269 e. The highest BCUT2D eigenvalue weighted by Gasteiger charge is 2.28. The van der Waals surface area contributed by atoms with Crippen molar-refractivity contribution in [1.29, 1.82) is 0 Å². The highest BCUT2D eigenvalue weighted by atomic mass is 32.2. The van der Waals surface area contributed by atoms with Gasteiger partial charge in [-0.3, -0.25) is 10.1 Å². The second-order valence-corrected chi connectivity index (χ2v) is 10.2. The van der Waals surface area contributed by atoms with Crippen molar-refractivity contribution in [2.45, 2.75) is 17.7 Å². The second kappa shape index (κ2) is 9.81. The number of hydrogen-bond acceptors (Lipinski definition) is 9. The lowest BCUT2D eigenvalue weighted by atomic mass is 10.1. The second-order valence-electron chi connectivity index (χ2n) is 7.52. The van der Waals surface area contributed by atoms with E-state index in [-0.39, 0.29) is 10.6 Å². The van der Waals surface area contributed by atoms with Crippen molar-refractivity contribution in [2.75, 3.05) is 38.2 Å². The van der Waals surface area contributed by atoms with Crippen molar-refractivity contribution in [3.63, 3.8) is 0 Å². The number of nitro groups is 1. The maximum atomic E-state index is 13.0. The zero-order chi connectivity index (χ0) is 23.4. The maximum absolute atomic E-state index is 13.0. The fourth-order valence-corrected chi connectivity index (χ4v) is 5.83. The van der Waals surface area contributed by atoms with Gasteiger partial charge in [0.2, 0.25) is 15.2 Å². The van der Waals surface area contributed by atoms with Crippen molar-refractivity contribution >= 4 is 32.4 Å². The standard InChI is InChI=1S/C21H23N5O5S2/c1-31-18-5-2-4-16(14-18)15-20-22-21(32-23-20)24-10-3-11-25(13-12-24)33(29,30)19-8-6-17(7-9-19)26(27)28/h2,4-9,14H,3,10-13,15H2,1H3. The molecule has 0 radical (unpaired) electrons. The van der Waals surface area contributed by atoms with Crippen LogP contribution in [-0.2, 0) is 16.4 Å². The summed E-state index contributed by atoms with van der Waals surface area (Å²) < 4.78 is 37.2. The van der Waals surface area contributed by atoms with Crippen LogP contribution in [0, 0.1) is 10.1 Å². The monoisotopic (exact) mass is 489 g/mol. The Hall–Kier alpha value is -3.09. The van der Waals surface area contributed by atoms with Crippen LogP contribution in [0.1, 0.15) is 17.8 Å². The Labute approximate surface area is 195 Å². The number of nitrogens with zero attached hydrogens (tertiary/aromatic N) is 5. The fraction of sp³-hybridized carbons (Fsp3) is 0.333. The molecule has 12 heteroatoms. The highest BCUT2D eigenvalue weighted by Crippen LogP contribution is 2.24. The lowest BCUT2D eigenvalue weighted by Gasteiger charge is -2.21. The molecular weight excluding hydrogens is 466 g/mol. The third kappa shape index (κ3) is 5.29. The largest absolute Gasteiger partial charge is 0.497 e. The minimum atomic E-state index is -3.74. The molecule has 0 aliphatic carbocycles. The van der Waals surface area contributed by atoms with E-state index in [4.69, 9.17) is 4.74 Å². The molecular formula is C21H23N5O5S2. The summed E-state index contributed by atoms with van der Waals surface area (Å²) in [6, 6.07) is 12.7. The number of aromatic nitrogens is 2. The van der Waals surface area contributed by atoms with Crippen molar-refractivity contribution in [1.82, 2.24) is 13.7 Å². The Morgan fingerprint density at radius 3 is 2.64 bits per heavy atom. The minimum absolute atomic E-state index is 0.0537. The van der Waals surface area contributed by atoms with Crippen LogP contribution in [0.15, 0.2) is 53.4 Å². The normalized spacial score (nSPS) is 15.2. The lowest BCUT2D eigenvalue weighted by molar-refractivity contribution is -0.384. The Balaban J connectivity index is 1.42. The van der Waals surface area contributed by atoms with E-state index >= 15 is 0 Å². The molecule has 3 aromatic rings. The molecule has 174 valence electrons. The van der Waals surface area contributed by atoms with Gasteiger partial charge in [-0.05, 0) is 36.2 Å². The summed E-state index contributed by atoms with van der Waals surface area (Å²) in [5.41, 5.74) is 0.909. The van der Waals surface area contributed by atoms with Crippen LogP contribution in [0.5, 0.6) is 5.75 Å². The van der Waals surface area contributed by atoms with Gasteiger partial charge in [-0.2, -0.15) is 8.68 Å². The third-order valence-electron chi connectivity index (χ3n) is 5.36. The van der Waals surface area contributed by atoms with E-state index in [1.165, 1.54) is 40.1 Å². The van der Waals surface area contributed by atoms with Crippen LogP contribution in [-0.4, -0.2) is 60.3 Å². The van der Waals surface area contributed by atoms with Gasteiger partial charge < -0.3 is 9.64 Å². The Bertz CT molecular complexity index is 1230. The number of methoxy groups -OCH3 is 1. The molecule has 1 aliphatic rings. The van der Waals surface area contributed by atoms with Crippen molar-refractivity contribution in [3.05, 3.63) is 70.0 Å². The molecule has 1 aromatic heterocycles. The molecule has 1 aliphatic heterocycles. The molecule has 10 nitrogen and oxygen atoms in total. The predicted octanol–water partition coefficient (Wildman–Crippen LogP) is 2.95. The van der Waals surface area contributed by atoms with Gasteiger partial charge in [0.1, 0.15) is 11.6 Å². The summed E-state index contributed by atoms with van der Waals surface area (Å²) in [5, 5.41) is 11.6. The number of anilines is 1. The first kappa shape index (κ1) is 23.1. The first-order valence-electron chi connectivity index (χ1n) is 10.3. The fourth-order valence-electron chi connectivity index (χ4n) is 3.62. The molecule has 1 fully saturated rings. The number of sulfonamides is 1. The number of non-ortho nitro benzene ring substituents is 1. The topological polar surface area (TPSA) is 119 Å². The summed E-state index contributed by atoms with van der Waals surface area (Å²) in [5.74, 6) is 1.49. The number of ether oxygens (including phenoxy) is 1. The molecule has 4 rings (SSSR count). The molecule has 0 saturated carbocycles. The van der Waals surface area contributed by atoms with Crippen LogP contribution in [0.3, 0.4) is 0 Å². The average Bonchev–Trinajstić information content (AvgIpc) is 3.12. The molecule has 0 unspecified atom stereocenters. The van der Waals surface area contributed by atoms with E-state index in [0.717, 1.165) is 16.4 Å². The number of hydrogen-bond donors (Lipinski definition) is 0. The van der Waals surface area contributed by atoms with Gasteiger partial charge in [0.25, 0.3) is 5.69 Å². The summed E-state index contributed by atoms with van der Waals surface area (Å²) in [6.45, 7) is 1.81. The molecule has 0 spiro atoms. The van der Waals surface area contributed by atoms with Crippen molar-refractivity contribution in [3.8, 4) is 5.75 Å².